The molecule has 1 N–H and O–H groups in total. The maximum atomic E-state index is 13.7. The summed E-state index contributed by atoms with van der Waals surface area (Å²) in [6.45, 7) is 4.81. The third-order valence-electron chi connectivity index (χ3n) is 7.02. The third-order valence-corrected chi connectivity index (χ3v) is 8.15. The highest BCUT2D eigenvalue weighted by Crippen LogP contribution is 2.27. The summed E-state index contributed by atoms with van der Waals surface area (Å²) in [6, 6.07) is 15.0. The van der Waals surface area contributed by atoms with E-state index in [0.29, 0.717) is 29.0 Å². The second kappa shape index (κ2) is 10.8. The first-order chi connectivity index (χ1) is 17.1. The molecule has 2 saturated heterocycles. The van der Waals surface area contributed by atoms with Gasteiger partial charge < -0.3 is 14.5 Å². The van der Waals surface area contributed by atoms with Crippen LogP contribution >= 0.6 is 11.8 Å². The maximum Gasteiger partial charge on any atom is 0.266 e. The summed E-state index contributed by atoms with van der Waals surface area (Å²) in [5.41, 5.74) is 1.38. The predicted molar refractivity (Wildman–Crippen MR) is 139 cm³/mol. The molecule has 5 rings (SSSR count). The highest BCUT2D eigenvalue weighted by molar-refractivity contribution is 7.99. The van der Waals surface area contributed by atoms with Gasteiger partial charge in [-0.15, -0.1) is 0 Å². The van der Waals surface area contributed by atoms with Gasteiger partial charge in [-0.1, -0.05) is 23.9 Å². The van der Waals surface area contributed by atoms with Crippen LogP contribution in [-0.4, -0.2) is 65.4 Å². The molecular formula is C27H33N4O3S+. The molecule has 0 bridgehead atoms. The molecule has 2 aliphatic rings. The number of methoxy groups -OCH3 is 1. The van der Waals surface area contributed by atoms with E-state index in [9.17, 15) is 9.59 Å². The lowest BCUT2D eigenvalue weighted by Gasteiger charge is -2.30. The van der Waals surface area contributed by atoms with Crippen LogP contribution in [0.4, 0.5) is 0 Å². The Balaban J connectivity index is 1.53. The van der Waals surface area contributed by atoms with Crippen molar-refractivity contribution < 1.29 is 14.4 Å². The Bertz CT molecular complexity index is 1240. The van der Waals surface area contributed by atoms with Gasteiger partial charge in [-0.2, -0.15) is 0 Å². The molecule has 0 aliphatic carbocycles. The molecule has 8 heteroatoms. The number of fused-ring (bicyclic) bond motifs is 1. The van der Waals surface area contributed by atoms with E-state index < -0.39 is 0 Å². The molecule has 184 valence electrons. The zero-order valence-corrected chi connectivity index (χ0v) is 21.1. The predicted octanol–water partition coefficient (Wildman–Crippen LogP) is 2.55. The van der Waals surface area contributed by atoms with Crippen LogP contribution in [0.1, 0.15) is 32.1 Å². The molecular weight excluding hydrogens is 460 g/mol. The number of amides is 1. The van der Waals surface area contributed by atoms with E-state index in [0.717, 1.165) is 30.9 Å². The first kappa shape index (κ1) is 23.9. The second-order valence-corrected chi connectivity index (χ2v) is 10.7. The average Bonchev–Trinajstić information content (AvgIpc) is 3.29. The lowest BCUT2D eigenvalue weighted by Crippen LogP contribution is -3.13. The molecule has 2 fully saturated rings. The van der Waals surface area contributed by atoms with Crippen LogP contribution in [-0.2, 0) is 4.79 Å². The number of nitrogens with one attached hydrogen (secondary N) is 1. The van der Waals surface area contributed by atoms with E-state index >= 15 is 0 Å². The number of carbonyl (C=O) groups excluding carboxylic acids is 1. The normalized spacial score (nSPS) is 17.7. The number of quaternary nitrogens is 1. The number of hydrogen-bond acceptors (Lipinski definition) is 5. The summed E-state index contributed by atoms with van der Waals surface area (Å²) >= 11 is 1.64. The van der Waals surface area contributed by atoms with Crippen molar-refractivity contribution in [3.05, 3.63) is 58.9 Å². The van der Waals surface area contributed by atoms with Crippen LogP contribution in [0.5, 0.6) is 5.75 Å². The van der Waals surface area contributed by atoms with Crippen LogP contribution in [0.2, 0.25) is 0 Å². The third kappa shape index (κ3) is 5.38. The lowest BCUT2D eigenvalue weighted by molar-refractivity contribution is -0.904. The van der Waals surface area contributed by atoms with Crippen molar-refractivity contribution in [3.8, 4) is 11.4 Å². The molecule has 1 amide bonds. The van der Waals surface area contributed by atoms with Crippen LogP contribution < -0.4 is 15.2 Å². The molecule has 3 heterocycles. The van der Waals surface area contributed by atoms with Gasteiger partial charge in [0.2, 0.25) is 5.91 Å². The molecule has 1 atom stereocenters. The van der Waals surface area contributed by atoms with E-state index in [-0.39, 0.29) is 16.7 Å². The Labute approximate surface area is 210 Å². The molecule has 2 aliphatic heterocycles. The van der Waals surface area contributed by atoms with Crippen molar-refractivity contribution in [2.45, 2.75) is 42.5 Å². The van der Waals surface area contributed by atoms with Crippen molar-refractivity contribution in [3.63, 3.8) is 0 Å². The minimum atomic E-state index is -0.0791. The van der Waals surface area contributed by atoms with Crippen LogP contribution in [0.15, 0.2) is 58.5 Å². The number of ether oxygens (including phenoxy) is 1. The summed E-state index contributed by atoms with van der Waals surface area (Å²) in [7, 11) is 1.63. The Morgan fingerprint density at radius 1 is 1.03 bits per heavy atom. The van der Waals surface area contributed by atoms with E-state index in [4.69, 9.17) is 9.72 Å². The molecule has 0 saturated carbocycles. The Kier molecular flexibility index (Phi) is 7.39. The number of thioether (sulfide) groups is 1. The molecule has 0 radical (unpaired) electrons. The van der Waals surface area contributed by atoms with Crippen LogP contribution in [0, 0.1) is 0 Å². The molecule has 1 unspecified atom stereocenters. The number of aromatic nitrogens is 2. The van der Waals surface area contributed by atoms with Crippen LogP contribution in [0.3, 0.4) is 0 Å². The summed E-state index contributed by atoms with van der Waals surface area (Å²) in [5.74, 6) is 0.979. The summed E-state index contributed by atoms with van der Waals surface area (Å²) in [6.07, 6.45) is 5.37. The van der Waals surface area contributed by atoms with Gasteiger partial charge in [-0.25, -0.2) is 4.98 Å². The zero-order valence-electron chi connectivity index (χ0n) is 20.2. The minimum absolute atomic E-state index is 0.0791. The zero-order chi connectivity index (χ0) is 24.2. The van der Waals surface area contributed by atoms with Gasteiger partial charge in [0.25, 0.3) is 5.56 Å². The standard InChI is InChI=1S/C27H32N4O3S/c1-34-21-13-11-20(12-14-21)31-26(33)23-8-3-4-9-24(23)28-27(31)35-22(18-29-15-5-2-6-16-29)19-30-17-7-10-25(30)32/h3-4,8-9,11-14,22H,2,5-7,10,15-19H2,1H3/p+1. The van der Waals surface area contributed by atoms with Gasteiger partial charge in [-0.3, -0.25) is 14.2 Å². The number of likely N-dealkylation sites (tertiary alicyclic amines) is 2. The van der Waals surface area contributed by atoms with Gasteiger partial charge in [0.05, 0.1) is 48.6 Å². The molecule has 7 nitrogen and oxygen atoms in total. The fourth-order valence-electron chi connectivity index (χ4n) is 5.16. The molecule has 35 heavy (non-hydrogen) atoms. The Morgan fingerprint density at radius 3 is 2.51 bits per heavy atom. The van der Waals surface area contributed by atoms with E-state index in [1.165, 1.54) is 32.4 Å². The number of carbonyl (C=O) groups is 1. The molecule has 3 aromatic rings. The van der Waals surface area contributed by atoms with Crippen molar-refractivity contribution in [1.82, 2.24) is 14.5 Å². The Morgan fingerprint density at radius 2 is 1.80 bits per heavy atom. The highest BCUT2D eigenvalue weighted by Gasteiger charge is 2.29. The van der Waals surface area contributed by atoms with E-state index in [1.807, 2.05) is 53.4 Å². The number of piperidine rings is 1. The van der Waals surface area contributed by atoms with E-state index in [1.54, 1.807) is 28.3 Å². The lowest BCUT2D eigenvalue weighted by atomic mass is 10.1. The Hall–Kier alpha value is -2.84. The average molecular weight is 494 g/mol. The number of benzene rings is 2. The van der Waals surface area contributed by atoms with Gasteiger partial charge >= 0.3 is 0 Å². The topological polar surface area (TPSA) is 68.9 Å². The SMILES string of the molecule is COc1ccc(-n2c(SC(CN3CCCC3=O)C[NH+]3CCCCC3)nc3ccccc3c2=O)cc1. The second-order valence-electron chi connectivity index (χ2n) is 9.45. The number of hydrogen-bond donors (Lipinski definition) is 1. The van der Waals surface area contributed by atoms with Crippen molar-refractivity contribution in [1.29, 1.82) is 0 Å². The van der Waals surface area contributed by atoms with E-state index in [2.05, 4.69) is 0 Å². The maximum absolute atomic E-state index is 13.7. The highest BCUT2D eigenvalue weighted by atomic mass is 32.2. The fourth-order valence-corrected chi connectivity index (χ4v) is 6.48. The van der Waals surface area contributed by atoms with Gasteiger partial charge in [0, 0.05) is 19.5 Å². The summed E-state index contributed by atoms with van der Waals surface area (Å²) in [5, 5.41) is 1.43. The van der Waals surface area contributed by atoms with Crippen molar-refractivity contribution >= 4 is 28.6 Å². The van der Waals surface area contributed by atoms with Crippen LogP contribution in [0.25, 0.3) is 16.6 Å². The first-order valence-electron chi connectivity index (χ1n) is 12.6. The summed E-state index contributed by atoms with van der Waals surface area (Å²) < 4.78 is 7.04. The number of nitrogens with zero attached hydrogens (tertiary/aromatic N) is 3. The quantitative estimate of drug-likeness (QED) is 0.386. The number of rotatable bonds is 8. The van der Waals surface area contributed by atoms with Gasteiger partial charge in [0.15, 0.2) is 5.16 Å². The molecule has 1 aromatic heterocycles. The monoisotopic (exact) mass is 493 g/mol. The smallest absolute Gasteiger partial charge is 0.266 e. The van der Waals surface area contributed by atoms with Crippen molar-refractivity contribution in [2.75, 3.05) is 39.8 Å². The summed E-state index contributed by atoms with van der Waals surface area (Å²) in [4.78, 5) is 34.7. The largest absolute Gasteiger partial charge is 0.497 e. The number of para-hydroxylation sites is 1. The fraction of sp³-hybridized carbons (Fsp3) is 0.444. The molecule has 2 aromatic carbocycles. The minimum Gasteiger partial charge on any atom is -0.497 e. The van der Waals surface area contributed by atoms with Gasteiger partial charge in [0.1, 0.15) is 5.75 Å². The first-order valence-corrected chi connectivity index (χ1v) is 13.4. The van der Waals surface area contributed by atoms with Gasteiger partial charge in [-0.05, 0) is 62.1 Å². The molecule has 0 spiro atoms. The van der Waals surface area contributed by atoms with Crippen molar-refractivity contribution in [2.24, 2.45) is 0 Å².